The van der Waals surface area contributed by atoms with Crippen molar-refractivity contribution in [3.63, 3.8) is 0 Å². The first kappa shape index (κ1) is 13.1. The molecule has 0 amide bonds. The van der Waals surface area contributed by atoms with Gasteiger partial charge in [0.1, 0.15) is 5.82 Å². The Kier molecular flexibility index (Phi) is 3.01. The number of halogens is 1. The van der Waals surface area contributed by atoms with Crippen LogP contribution in [0.3, 0.4) is 0 Å². The standard InChI is InChI=1S/C15H14FNO2S/c1-10-6-7-11(8-13(10)16)17-14-9-20(18,19)15-5-3-2-4-12(14)15/h2-8,14,17H,9H2,1H3. The van der Waals surface area contributed by atoms with Crippen molar-refractivity contribution >= 4 is 15.5 Å². The van der Waals surface area contributed by atoms with Gasteiger partial charge < -0.3 is 5.32 Å². The van der Waals surface area contributed by atoms with Crippen LogP contribution < -0.4 is 5.32 Å². The van der Waals surface area contributed by atoms with Gasteiger partial charge >= 0.3 is 0 Å². The van der Waals surface area contributed by atoms with Crippen molar-refractivity contribution in [1.82, 2.24) is 0 Å². The molecule has 0 fully saturated rings. The van der Waals surface area contributed by atoms with Gasteiger partial charge in [0.05, 0.1) is 16.7 Å². The fraction of sp³-hybridized carbons (Fsp3) is 0.200. The van der Waals surface area contributed by atoms with Crippen molar-refractivity contribution in [2.45, 2.75) is 17.9 Å². The predicted molar refractivity (Wildman–Crippen MR) is 76.0 cm³/mol. The summed E-state index contributed by atoms with van der Waals surface area (Å²) in [7, 11) is -3.25. The smallest absolute Gasteiger partial charge is 0.181 e. The van der Waals surface area contributed by atoms with E-state index in [4.69, 9.17) is 0 Å². The molecule has 20 heavy (non-hydrogen) atoms. The van der Waals surface area contributed by atoms with Crippen molar-refractivity contribution < 1.29 is 12.8 Å². The second kappa shape index (κ2) is 4.59. The van der Waals surface area contributed by atoms with Crippen LogP contribution in [0.4, 0.5) is 10.1 Å². The van der Waals surface area contributed by atoms with E-state index in [0.29, 0.717) is 16.1 Å². The molecule has 0 bridgehead atoms. The highest BCUT2D eigenvalue weighted by molar-refractivity contribution is 7.91. The van der Waals surface area contributed by atoms with Gasteiger partial charge in [0.2, 0.25) is 0 Å². The summed E-state index contributed by atoms with van der Waals surface area (Å²) in [6.07, 6.45) is 0. The topological polar surface area (TPSA) is 46.2 Å². The molecule has 2 aromatic carbocycles. The highest BCUT2D eigenvalue weighted by Gasteiger charge is 2.34. The van der Waals surface area contributed by atoms with E-state index in [1.54, 1.807) is 37.3 Å². The summed E-state index contributed by atoms with van der Waals surface area (Å²) >= 11 is 0. The van der Waals surface area contributed by atoms with E-state index in [1.165, 1.54) is 6.07 Å². The van der Waals surface area contributed by atoms with E-state index in [1.807, 2.05) is 6.07 Å². The maximum atomic E-state index is 13.5. The molecule has 104 valence electrons. The number of hydrogen-bond acceptors (Lipinski definition) is 3. The maximum absolute atomic E-state index is 13.5. The molecule has 1 aliphatic rings. The minimum atomic E-state index is -3.25. The third-order valence-corrected chi connectivity index (χ3v) is 5.34. The molecule has 1 atom stereocenters. The van der Waals surface area contributed by atoms with E-state index < -0.39 is 9.84 Å². The molecular weight excluding hydrogens is 277 g/mol. The summed E-state index contributed by atoms with van der Waals surface area (Å²) in [5.74, 6) is -0.300. The van der Waals surface area contributed by atoms with Crippen LogP contribution in [-0.2, 0) is 9.84 Å². The molecule has 0 aromatic heterocycles. The van der Waals surface area contributed by atoms with Crippen LogP contribution in [0.5, 0.6) is 0 Å². The van der Waals surface area contributed by atoms with Gasteiger partial charge in [0, 0.05) is 5.69 Å². The summed E-state index contributed by atoms with van der Waals surface area (Å²) in [6, 6.07) is 11.4. The average Bonchev–Trinajstić information content (AvgIpc) is 2.66. The monoisotopic (exact) mass is 291 g/mol. The van der Waals surface area contributed by atoms with Crippen molar-refractivity contribution in [2.75, 3.05) is 11.1 Å². The highest BCUT2D eigenvalue weighted by atomic mass is 32.2. The van der Waals surface area contributed by atoms with Gasteiger partial charge in [-0.2, -0.15) is 0 Å². The highest BCUT2D eigenvalue weighted by Crippen LogP contribution is 2.35. The van der Waals surface area contributed by atoms with Crippen LogP contribution in [0.25, 0.3) is 0 Å². The van der Waals surface area contributed by atoms with Crippen LogP contribution in [-0.4, -0.2) is 14.2 Å². The van der Waals surface area contributed by atoms with E-state index in [0.717, 1.165) is 5.56 Å². The van der Waals surface area contributed by atoms with Gasteiger partial charge in [-0.05, 0) is 36.2 Å². The van der Waals surface area contributed by atoms with Crippen molar-refractivity contribution in [2.24, 2.45) is 0 Å². The van der Waals surface area contributed by atoms with Crippen LogP contribution in [0, 0.1) is 12.7 Å². The Hall–Kier alpha value is -1.88. The lowest BCUT2D eigenvalue weighted by molar-refractivity contribution is 0.598. The van der Waals surface area contributed by atoms with Crippen LogP contribution in [0.15, 0.2) is 47.4 Å². The second-order valence-electron chi connectivity index (χ2n) is 4.98. The average molecular weight is 291 g/mol. The normalized spacial score (nSPS) is 19.6. The molecule has 1 heterocycles. The van der Waals surface area contributed by atoms with Gasteiger partial charge in [-0.1, -0.05) is 24.3 Å². The molecular formula is C15H14FNO2S. The fourth-order valence-electron chi connectivity index (χ4n) is 2.45. The molecule has 0 saturated heterocycles. The summed E-state index contributed by atoms with van der Waals surface area (Å²) in [4.78, 5) is 0.366. The maximum Gasteiger partial charge on any atom is 0.181 e. The Morgan fingerprint density at radius 1 is 1.20 bits per heavy atom. The lowest BCUT2D eigenvalue weighted by Crippen LogP contribution is -2.13. The largest absolute Gasteiger partial charge is 0.377 e. The minimum absolute atomic E-state index is 0.00183. The third kappa shape index (κ3) is 2.18. The van der Waals surface area contributed by atoms with Crippen molar-refractivity contribution in [3.8, 4) is 0 Å². The Labute approximate surface area is 117 Å². The first-order chi connectivity index (χ1) is 9.47. The number of benzene rings is 2. The summed E-state index contributed by atoms with van der Waals surface area (Å²) in [5.41, 5.74) is 1.90. The molecule has 0 spiro atoms. The van der Waals surface area contributed by atoms with E-state index >= 15 is 0 Å². The zero-order chi connectivity index (χ0) is 14.3. The van der Waals surface area contributed by atoms with Crippen molar-refractivity contribution in [3.05, 3.63) is 59.4 Å². The van der Waals surface area contributed by atoms with Gasteiger partial charge in [-0.25, -0.2) is 12.8 Å². The SMILES string of the molecule is Cc1ccc(NC2CS(=O)(=O)c3ccccc32)cc1F. The molecule has 1 N–H and O–H groups in total. The molecule has 0 aliphatic carbocycles. The lowest BCUT2D eigenvalue weighted by atomic mass is 10.1. The number of rotatable bonds is 2. The predicted octanol–water partition coefficient (Wildman–Crippen LogP) is 3.07. The third-order valence-electron chi connectivity index (χ3n) is 3.53. The van der Waals surface area contributed by atoms with Crippen LogP contribution in [0.2, 0.25) is 0 Å². The number of nitrogens with one attached hydrogen (secondary N) is 1. The second-order valence-corrected chi connectivity index (χ2v) is 6.98. The molecule has 2 aromatic rings. The number of hydrogen-bond donors (Lipinski definition) is 1. The first-order valence-electron chi connectivity index (χ1n) is 6.32. The Balaban J connectivity index is 1.95. The fourth-order valence-corrected chi connectivity index (χ4v) is 4.19. The van der Waals surface area contributed by atoms with E-state index in [-0.39, 0.29) is 17.6 Å². The summed E-state index contributed by atoms with van der Waals surface area (Å²) in [5, 5.41) is 3.10. The van der Waals surface area contributed by atoms with Gasteiger partial charge in [-0.3, -0.25) is 0 Å². The zero-order valence-corrected chi connectivity index (χ0v) is 11.7. The zero-order valence-electron chi connectivity index (χ0n) is 10.9. The summed E-state index contributed by atoms with van der Waals surface area (Å²) < 4.78 is 37.7. The molecule has 3 rings (SSSR count). The molecule has 0 radical (unpaired) electrons. The van der Waals surface area contributed by atoms with Gasteiger partial charge in [0.25, 0.3) is 0 Å². The molecule has 3 nitrogen and oxygen atoms in total. The van der Waals surface area contributed by atoms with Gasteiger partial charge in [-0.15, -0.1) is 0 Å². The lowest BCUT2D eigenvalue weighted by Gasteiger charge is -2.14. The van der Waals surface area contributed by atoms with Gasteiger partial charge in [0.15, 0.2) is 9.84 Å². The molecule has 5 heteroatoms. The Morgan fingerprint density at radius 3 is 2.70 bits per heavy atom. The number of aryl methyl sites for hydroxylation is 1. The van der Waals surface area contributed by atoms with Crippen LogP contribution >= 0.6 is 0 Å². The number of anilines is 1. The molecule has 1 aliphatic heterocycles. The quantitative estimate of drug-likeness (QED) is 0.925. The molecule has 1 unspecified atom stereocenters. The Morgan fingerprint density at radius 2 is 1.95 bits per heavy atom. The van der Waals surface area contributed by atoms with E-state index in [2.05, 4.69) is 5.32 Å². The van der Waals surface area contributed by atoms with Crippen LogP contribution in [0.1, 0.15) is 17.2 Å². The van der Waals surface area contributed by atoms with Crippen molar-refractivity contribution in [1.29, 1.82) is 0 Å². The van der Waals surface area contributed by atoms with E-state index in [9.17, 15) is 12.8 Å². The number of fused-ring (bicyclic) bond motifs is 1. The summed E-state index contributed by atoms with van der Waals surface area (Å²) in [6.45, 7) is 1.69. The number of sulfone groups is 1. The molecule has 0 saturated carbocycles. The Bertz CT molecular complexity index is 771. The minimum Gasteiger partial charge on any atom is -0.377 e. The first-order valence-corrected chi connectivity index (χ1v) is 7.97.